The van der Waals surface area contributed by atoms with Crippen molar-refractivity contribution in [2.45, 2.75) is 33.1 Å². The van der Waals surface area contributed by atoms with Crippen molar-refractivity contribution in [3.8, 4) is 5.75 Å². The molecule has 1 N–H and O–H groups in total. The third-order valence-corrected chi connectivity index (χ3v) is 3.95. The first-order valence-corrected chi connectivity index (χ1v) is 7.22. The van der Waals surface area contributed by atoms with E-state index in [1.54, 1.807) is 11.0 Å². The molecule has 112 valence electrons. The highest BCUT2D eigenvalue weighted by Crippen LogP contribution is 2.27. The van der Waals surface area contributed by atoms with Gasteiger partial charge in [0, 0.05) is 24.5 Å². The summed E-state index contributed by atoms with van der Waals surface area (Å²) in [5.74, 6) is 0.466. The number of nitrogens with zero attached hydrogens (tertiary/aromatic N) is 3. The Morgan fingerprint density at radius 3 is 2.67 bits per heavy atom. The molecular formula is C15H19N3O3. The van der Waals surface area contributed by atoms with Crippen molar-refractivity contribution in [2.24, 2.45) is 0 Å². The van der Waals surface area contributed by atoms with Crippen LogP contribution >= 0.6 is 0 Å². The number of hydrogen-bond acceptors (Lipinski definition) is 4. The first-order valence-electron chi connectivity index (χ1n) is 7.22. The topological polar surface area (TPSA) is 67.6 Å². The summed E-state index contributed by atoms with van der Waals surface area (Å²) in [7, 11) is 0. The molecule has 0 unspecified atom stereocenters. The van der Waals surface area contributed by atoms with E-state index in [1.165, 1.54) is 0 Å². The van der Waals surface area contributed by atoms with Gasteiger partial charge < -0.3 is 14.8 Å². The number of aryl methyl sites for hydroxylation is 2. The van der Waals surface area contributed by atoms with E-state index in [-0.39, 0.29) is 6.09 Å². The lowest BCUT2D eigenvalue weighted by molar-refractivity contribution is 0.142. The zero-order chi connectivity index (χ0) is 15.0. The Hall–Kier alpha value is -2.24. The number of carbonyl (C=O) groups is 1. The maximum absolute atomic E-state index is 12.2. The lowest BCUT2D eigenvalue weighted by Crippen LogP contribution is -2.37. The summed E-state index contributed by atoms with van der Waals surface area (Å²) in [6.07, 6.45) is 2.89. The van der Waals surface area contributed by atoms with Gasteiger partial charge in [0.1, 0.15) is 11.3 Å². The van der Waals surface area contributed by atoms with Crippen LogP contribution in [0.1, 0.15) is 30.5 Å². The first kappa shape index (κ1) is 13.7. The molecule has 0 aliphatic carbocycles. The quantitative estimate of drug-likeness (QED) is 0.820. The molecule has 1 aliphatic rings. The third kappa shape index (κ3) is 2.53. The Bertz CT molecular complexity index is 687. The summed E-state index contributed by atoms with van der Waals surface area (Å²) in [6.45, 7) is 5.20. The van der Waals surface area contributed by atoms with Crippen molar-refractivity contribution >= 4 is 17.0 Å². The second-order valence-electron chi connectivity index (χ2n) is 5.53. The fourth-order valence-electron chi connectivity index (χ4n) is 2.73. The fourth-order valence-corrected chi connectivity index (χ4v) is 2.73. The van der Waals surface area contributed by atoms with Gasteiger partial charge in [0.25, 0.3) is 0 Å². The molecule has 3 rings (SSSR count). The summed E-state index contributed by atoms with van der Waals surface area (Å²) in [4.78, 5) is 14.7. The van der Waals surface area contributed by atoms with Crippen LogP contribution in [0, 0.1) is 13.8 Å². The molecule has 1 amide bonds. The van der Waals surface area contributed by atoms with Crippen LogP contribution in [-0.4, -0.2) is 39.2 Å². The molecule has 6 heteroatoms. The molecule has 1 aliphatic heterocycles. The maximum atomic E-state index is 12.2. The summed E-state index contributed by atoms with van der Waals surface area (Å²) in [5, 5.41) is 14.6. The van der Waals surface area contributed by atoms with Crippen molar-refractivity contribution in [3.05, 3.63) is 23.4 Å². The van der Waals surface area contributed by atoms with E-state index >= 15 is 0 Å². The number of likely N-dealkylation sites (tertiary alicyclic amines) is 1. The SMILES string of the molecule is Cc1cc2c(C)nn(O)c2cc1OC(=O)N1CCCCC1. The van der Waals surface area contributed by atoms with E-state index in [4.69, 9.17) is 4.74 Å². The van der Waals surface area contributed by atoms with Gasteiger partial charge in [-0.1, -0.05) is 0 Å². The maximum Gasteiger partial charge on any atom is 0.415 e. The Kier molecular flexibility index (Phi) is 3.45. The molecule has 0 radical (unpaired) electrons. The summed E-state index contributed by atoms with van der Waals surface area (Å²) in [5.41, 5.74) is 2.13. The van der Waals surface area contributed by atoms with Crippen molar-refractivity contribution in [2.75, 3.05) is 13.1 Å². The van der Waals surface area contributed by atoms with E-state index in [0.717, 1.165) is 53.8 Å². The summed E-state index contributed by atoms with van der Waals surface area (Å²) >= 11 is 0. The van der Waals surface area contributed by atoms with Gasteiger partial charge >= 0.3 is 6.09 Å². The summed E-state index contributed by atoms with van der Waals surface area (Å²) in [6, 6.07) is 3.54. The van der Waals surface area contributed by atoms with E-state index in [2.05, 4.69) is 5.10 Å². The number of benzene rings is 1. The van der Waals surface area contributed by atoms with Crippen LogP contribution < -0.4 is 4.74 Å². The van der Waals surface area contributed by atoms with E-state index < -0.39 is 0 Å². The van der Waals surface area contributed by atoms with Crippen LogP contribution in [0.25, 0.3) is 10.9 Å². The number of fused-ring (bicyclic) bond motifs is 1. The number of amides is 1. The van der Waals surface area contributed by atoms with Gasteiger partial charge in [-0.3, -0.25) is 0 Å². The minimum Gasteiger partial charge on any atom is -0.411 e. The van der Waals surface area contributed by atoms with Crippen molar-refractivity contribution in [1.29, 1.82) is 0 Å². The average Bonchev–Trinajstić information content (AvgIpc) is 2.75. The van der Waals surface area contributed by atoms with Gasteiger partial charge in [0.05, 0.1) is 5.69 Å². The molecule has 1 saturated heterocycles. The van der Waals surface area contributed by atoms with Gasteiger partial charge in [-0.2, -0.15) is 0 Å². The monoisotopic (exact) mass is 289 g/mol. The van der Waals surface area contributed by atoms with E-state index in [0.29, 0.717) is 11.3 Å². The Labute approximate surface area is 122 Å². The zero-order valence-corrected chi connectivity index (χ0v) is 12.3. The average molecular weight is 289 g/mol. The Balaban J connectivity index is 1.87. The molecule has 0 saturated carbocycles. The van der Waals surface area contributed by atoms with Crippen molar-refractivity contribution in [3.63, 3.8) is 0 Å². The number of ether oxygens (including phenoxy) is 1. The fraction of sp³-hybridized carbons (Fsp3) is 0.467. The zero-order valence-electron chi connectivity index (χ0n) is 12.3. The molecule has 1 aromatic carbocycles. The predicted octanol–water partition coefficient (Wildman–Crippen LogP) is 2.88. The van der Waals surface area contributed by atoms with Crippen LogP contribution in [0.5, 0.6) is 5.75 Å². The minimum atomic E-state index is -0.321. The normalized spacial score (nSPS) is 15.4. The molecular weight excluding hydrogens is 270 g/mol. The smallest absolute Gasteiger partial charge is 0.411 e. The Morgan fingerprint density at radius 1 is 1.24 bits per heavy atom. The van der Waals surface area contributed by atoms with Crippen LogP contribution in [-0.2, 0) is 0 Å². The predicted molar refractivity (Wildman–Crippen MR) is 77.8 cm³/mol. The molecule has 2 aromatic rings. The second kappa shape index (κ2) is 5.27. The van der Waals surface area contributed by atoms with Crippen molar-refractivity contribution < 1.29 is 14.7 Å². The lowest BCUT2D eigenvalue weighted by atomic mass is 10.1. The second-order valence-corrected chi connectivity index (χ2v) is 5.53. The number of aromatic nitrogens is 2. The van der Waals surface area contributed by atoms with Crippen molar-refractivity contribution in [1.82, 2.24) is 14.8 Å². The van der Waals surface area contributed by atoms with Crippen LogP contribution in [0.15, 0.2) is 12.1 Å². The lowest BCUT2D eigenvalue weighted by Gasteiger charge is -2.25. The largest absolute Gasteiger partial charge is 0.415 e. The Morgan fingerprint density at radius 2 is 1.95 bits per heavy atom. The highest BCUT2D eigenvalue weighted by Gasteiger charge is 2.20. The molecule has 0 spiro atoms. The molecule has 1 fully saturated rings. The van der Waals surface area contributed by atoms with E-state index in [9.17, 15) is 10.0 Å². The number of rotatable bonds is 1. The van der Waals surface area contributed by atoms with Crippen LogP contribution in [0.4, 0.5) is 4.79 Å². The van der Waals surface area contributed by atoms with Crippen LogP contribution in [0.3, 0.4) is 0 Å². The third-order valence-electron chi connectivity index (χ3n) is 3.95. The molecule has 0 bridgehead atoms. The standard InChI is InChI=1S/C15H19N3O3/c1-10-8-12-11(2)16-18(20)13(12)9-14(10)21-15(19)17-6-4-3-5-7-17/h8-9,20H,3-7H2,1-2H3. The molecule has 1 aromatic heterocycles. The number of hydrogen-bond donors (Lipinski definition) is 1. The molecule has 0 atom stereocenters. The van der Waals surface area contributed by atoms with Gasteiger partial charge in [-0.05, 0) is 44.7 Å². The highest BCUT2D eigenvalue weighted by atomic mass is 16.6. The van der Waals surface area contributed by atoms with Gasteiger partial charge in [-0.25, -0.2) is 4.79 Å². The van der Waals surface area contributed by atoms with Gasteiger partial charge in [0.15, 0.2) is 0 Å². The number of piperidine rings is 1. The first-order chi connectivity index (χ1) is 10.1. The summed E-state index contributed by atoms with van der Waals surface area (Å²) < 4.78 is 5.49. The minimum absolute atomic E-state index is 0.321. The number of carbonyl (C=O) groups excluding carboxylic acids is 1. The molecule has 6 nitrogen and oxygen atoms in total. The van der Waals surface area contributed by atoms with E-state index in [1.807, 2.05) is 19.9 Å². The van der Waals surface area contributed by atoms with Crippen LogP contribution in [0.2, 0.25) is 0 Å². The van der Waals surface area contributed by atoms with Gasteiger partial charge in [0.2, 0.25) is 0 Å². The highest BCUT2D eigenvalue weighted by molar-refractivity contribution is 5.85. The molecule has 2 heterocycles. The molecule has 21 heavy (non-hydrogen) atoms. The van der Waals surface area contributed by atoms with Gasteiger partial charge in [-0.15, -0.1) is 9.94 Å².